The maximum atomic E-state index is 12.3. The van der Waals surface area contributed by atoms with Crippen molar-refractivity contribution in [1.29, 1.82) is 0 Å². The van der Waals surface area contributed by atoms with Crippen LogP contribution in [0.25, 0.3) is 11.3 Å². The fraction of sp³-hybridized carbons (Fsp3) is 0.400. The Bertz CT molecular complexity index is 987. The van der Waals surface area contributed by atoms with Crippen molar-refractivity contribution in [2.24, 2.45) is 0 Å². The number of nitrogens with zero attached hydrogens (tertiary/aromatic N) is 2. The van der Waals surface area contributed by atoms with Gasteiger partial charge in [0, 0.05) is 44.5 Å². The molecule has 1 aromatic heterocycles. The number of aromatic carboxylic acids is 1. The van der Waals surface area contributed by atoms with Crippen LogP contribution in [0.2, 0.25) is 5.02 Å². The van der Waals surface area contributed by atoms with Crippen LogP contribution in [0.15, 0.2) is 29.2 Å². The van der Waals surface area contributed by atoms with E-state index in [2.05, 4.69) is 5.01 Å². The summed E-state index contributed by atoms with van der Waals surface area (Å²) in [5, 5.41) is 11.9. The number of carboxylic acids is 1. The Balaban J connectivity index is 1.80. The smallest absolute Gasteiger partial charge is 0.341 e. The van der Waals surface area contributed by atoms with Gasteiger partial charge >= 0.3 is 5.97 Å². The Labute approximate surface area is 167 Å². The van der Waals surface area contributed by atoms with Crippen LogP contribution >= 0.6 is 11.6 Å². The van der Waals surface area contributed by atoms with Crippen molar-refractivity contribution in [2.45, 2.75) is 25.3 Å². The molecule has 0 spiro atoms. The van der Waals surface area contributed by atoms with Gasteiger partial charge in [0.05, 0.1) is 23.4 Å². The van der Waals surface area contributed by atoms with E-state index in [4.69, 9.17) is 21.1 Å². The molecule has 0 aliphatic carbocycles. The first-order valence-corrected chi connectivity index (χ1v) is 9.61. The molecule has 1 unspecified atom stereocenters. The van der Waals surface area contributed by atoms with Gasteiger partial charge in [0.1, 0.15) is 11.3 Å². The molecular formula is C20H21ClN2O5. The van der Waals surface area contributed by atoms with Gasteiger partial charge in [0.2, 0.25) is 0 Å². The van der Waals surface area contributed by atoms with Crippen LogP contribution in [0.1, 0.15) is 41.2 Å². The van der Waals surface area contributed by atoms with Crippen LogP contribution in [0.5, 0.6) is 5.75 Å². The van der Waals surface area contributed by atoms with Crippen LogP contribution < -0.4 is 15.2 Å². The van der Waals surface area contributed by atoms with Gasteiger partial charge in [-0.25, -0.2) is 4.79 Å². The van der Waals surface area contributed by atoms with Gasteiger partial charge in [-0.05, 0) is 30.5 Å². The molecule has 2 aliphatic heterocycles. The van der Waals surface area contributed by atoms with Gasteiger partial charge in [-0.1, -0.05) is 11.6 Å². The van der Waals surface area contributed by atoms with Crippen molar-refractivity contribution in [3.05, 3.63) is 50.8 Å². The molecule has 0 saturated carbocycles. The predicted molar refractivity (Wildman–Crippen MR) is 105 cm³/mol. The lowest BCUT2D eigenvalue weighted by Gasteiger charge is -2.37. The van der Waals surface area contributed by atoms with Gasteiger partial charge in [0.25, 0.3) is 0 Å². The molecule has 2 aromatic rings. The van der Waals surface area contributed by atoms with Crippen molar-refractivity contribution in [2.75, 3.05) is 31.9 Å². The summed E-state index contributed by atoms with van der Waals surface area (Å²) in [7, 11) is 1.65. The Kier molecular flexibility index (Phi) is 5.03. The number of pyridine rings is 1. The van der Waals surface area contributed by atoms with Gasteiger partial charge in [-0.15, -0.1) is 0 Å². The molecule has 7 nitrogen and oxygen atoms in total. The molecule has 1 saturated heterocycles. The van der Waals surface area contributed by atoms with Gasteiger partial charge in [0.15, 0.2) is 5.43 Å². The van der Waals surface area contributed by atoms with E-state index >= 15 is 0 Å². The second kappa shape index (κ2) is 7.48. The molecule has 3 heterocycles. The zero-order valence-corrected chi connectivity index (χ0v) is 16.2. The molecule has 28 heavy (non-hydrogen) atoms. The third-order valence-corrected chi connectivity index (χ3v) is 5.55. The van der Waals surface area contributed by atoms with Crippen LogP contribution in [-0.4, -0.2) is 42.6 Å². The topological polar surface area (TPSA) is 81.0 Å². The van der Waals surface area contributed by atoms with Crippen molar-refractivity contribution in [1.82, 2.24) is 4.68 Å². The fourth-order valence-electron chi connectivity index (χ4n) is 3.99. The summed E-state index contributed by atoms with van der Waals surface area (Å²) in [5.74, 6) is -0.610. The largest absolute Gasteiger partial charge is 0.492 e. The standard InChI is InChI=1S/C20H21ClN2O5/c1-27-6-3-7-28-19-9-13-12(8-15(19)21)17-10-18(24)14(20(25)26)11-23(17)22-5-2-4-16(13)22/h8-11,16H,2-7H2,1H3,(H,25,26). The minimum Gasteiger partial charge on any atom is -0.492 e. The molecule has 0 radical (unpaired) electrons. The Morgan fingerprint density at radius 3 is 2.89 bits per heavy atom. The number of aromatic nitrogens is 1. The van der Waals surface area contributed by atoms with Crippen LogP contribution in [0.3, 0.4) is 0 Å². The van der Waals surface area contributed by atoms with E-state index in [0.29, 0.717) is 29.7 Å². The Morgan fingerprint density at radius 1 is 1.32 bits per heavy atom. The first-order chi connectivity index (χ1) is 13.5. The highest BCUT2D eigenvalue weighted by Gasteiger charge is 2.35. The number of rotatable bonds is 6. The summed E-state index contributed by atoms with van der Waals surface area (Å²) in [6.45, 7) is 1.89. The van der Waals surface area contributed by atoms with E-state index in [1.54, 1.807) is 11.8 Å². The van der Waals surface area contributed by atoms with Gasteiger partial charge < -0.3 is 19.6 Å². The fourth-order valence-corrected chi connectivity index (χ4v) is 4.20. The Morgan fingerprint density at radius 2 is 2.14 bits per heavy atom. The molecule has 1 fully saturated rings. The number of halogens is 1. The van der Waals surface area contributed by atoms with Crippen molar-refractivity contribution < 1.29 is 19.4 Å². The number of hydrogen-bond donors (Lipinski definition) is 1. The molecule has 0 bridgehead atoms. The van der Waals surface area contributed by atoms with Crippen molar-refractivity contribution >= 4 is 17.6 Å². The lowest BCUT2D eigenvalue weighted by molar-refractivity contribution is 0.0694. The van der Waals surface area contributed by atoms with E-state index < -0.39 is 11.4 Å². The number of carboxylic acid groups (broad SMARTS) is 1. The number of carbonyl (C=O) groups is 1. The molecule has 1 atom stereocenters. The highest BCUT2D eigenvalue weighted by Crippen LogP contribution is 2.45. The summed E-state index contributed by atoms with van der Waals surface area (Å²) >= 11 is 6.45. The number of hydrogen-bond acceptors (Lipinski definition) is 5. The zero-order chi connectivity index (χ0) is 19.8. The summed E-state index contributed by atoms with van der Waals surface area (Å²) in [4.78, 5) is 23.7. The highest BCUT2D eigenvalue weighted by atomic mass is 35.5. The minimum atomic E-state index is -1.22. The molecule has 2 aliphatic rings. The summed E-state index contributed by atoms with van der Waals surface area (Å²) < 4.78 is 12.7. The number of methoxy groups -OCH3 is 1. The maximum absolute atomic E-state index is 12.3. The lowest BCUT2D eigenvalue weighted by Crippen LogP contribution is -2.39. The molecule has 1 N–H and O–H groups in total. The SMILES string of the molecule is COCCCOc1cc2c(cc1Cl)-c1cc(=O)c(C(=O)O)cn1N1CCCC21. The normalized spacial score (nSPS) is 17.1. The van der Waals surface area contributed by atoms with Crippen LogP contribution in [-0.2, 0) is 4.74 Å². The lowest BCUT2D eigenvalue weighted by atomic mass is 9.94. The molecular weight excluding hydrogens is 384 g/mol. The monoisotopic (exact) mass is 404 g/mol. The van der Waals surface area contributed by atoms with E-state index in [0.717, 1.165) is 36.9 Å². The second-order valence-corrected chi connectivity index (χ2v) is 7.38. The molecule has 0 amide bonds. The minimum absolute atomic E-state index is 0.0882. The summed E-state index contributed by atoms with van der Waals surface area (Å²) in [6.07, 6.45) is 4.09. The van der Waals surface area contributed by atoms with Crippen LogP contribution in [0.4, 0.5) is 0 Å². The van der Waals surface area contributed by atoms with Crippen LogP contribution in [0, 0.1) is 0 Å². The second-order valence-electron chi connectivity index (χ2n) is 6.97. The quantitative estimate of drug-likeness (QED) is 0.745. The number of benzene rings is 1. The van der Waals surface area contributed by atoms with E-state index in [9.17, 15) is 14.7 Å². The predicted octanol–water partition coefficient (Wildman–Crippen LogP) is 3.07. The zero-order valence-electron chi connectivity index (χ0n) is 15.5. The molecule has 8 heteroatoms. The average molecular weight is 405 g/mol. The first kappa shape index (κ1) is 18.8. The number of fused-ring (bicyclic) bond motifs is 6. The van der Waals surface area contributed by atoms with Crippen molar-refractivity contribution in [3.63, 3.8) is 0 Å². The van der Waals surface area contributed by atoms with E-state index in [-0.39, 0.29) is 11.6 Å². The highest BCUT2D eigenvalue weighted by molar-refractivity contribution is 6.32. The summed E-state index contributed by atoms with van der Waals surface area (Å²) in [5.41, 5.74) is 1.79. The average Bonchev–Trinajstić information content (AvgIpc) is 3.15. The van der Waals surface area contributed by atoms with Gasteiger partial charge in [-0.3, -0.25) is 9.47 Å². The van der Waals surface area contributed by atoms with Crippen molar-refractivity contribution in [3.8, 4) is 17.0 Å². The maximum Gasteiger partial charge on any atom is 0.341 e. The third-order valence-electron chi connectivity index (χ3n) is 5.25. The van der Waals surface area contributed by atoms with Gasteiger partial charge in [-0.2, -0.15) is 0 Å². The van der Waals surface area contributed by atoms with E-state index in [1.807, 2.05) is 12.1 Å². The molecule has 1 aromatic carbocycles. The summed E-state index contributed by atoms with van der Waals surface area (Å²) in [6, 6.07) is 5.23. The molecule has 148 valence electrons. The Hall–Kier alpha value is -2.51. The third kappa shape index (κ3) is 3.14. The van der Waals surface area contributed by atoms with E-state index in [1.165, 1.54) is 12.3 Å². The first-order valence-electron chi connectivity index (χ1n) is 9.23. The molecule has 4 rings (SSSR count). The number of ether oxygens (including phenoxy) is 2.